The highest BCUT2D eigenvalue weighted by Crippen LogP contribution is 2.58. The van der Waals surface area contributed by atoms with E-state index in [1.54, 1.807) is 0 Å². The van der Waals surface area contributed by atoms with Gasteiger partial charge in [-0.2, -0.15) is 0 Å². The molecule has 0 N–H and O–H groups in total. The number of Topliss-reactive ketones (excluding diaryl/α,β-unsaturated/α-hetero) is 2. The van der Waals surface area contributed by atoms with Crippen LogP contribution in [-0.2, 0) is 14.3 Å². The number of carbonyl (C=O) groups is 2. The molecule has 2 aliphatic carbocycles. The molecular formula is C16H22O3S2. The van der Waals surface area contributed by atoms with Crippen LogP contribution in [0.5, 0.6) is 0 Å². The summed E-state index contributed by atoms with van der Waals surface area (Å²) in [6.07, 6.45) is 4.18. The molecule has 0 amide bonds. The van der Waals surface area contributed by atoms with E-state index in [1.165, 1.54) is 11.8 Å². The number of carbonyl (C=O) groups excluding carboxylic acids is 2. The number of allylic oxidation sites excluding steroid dienone is 1. The predicted octanol–water partition coefficient (Wildman–Crippen LogP) is 3.42. The topological polar surface area (TPSA) is 43.4 Å². The highest BCUT2D eigenvalue weighted by atomic mass is 32.2. The fourth-order valence-electron chi connectivity index (χ4n) is 3.93. The van der Waals surface area contributed by atoms with Gasteiger partial charge in [-0.15, -0.1) is 6.58 Å². The van der Waals surface area contributed by atoms with Gasteiger partial charge < -0.3 is 4.74 Å². The second-order valence-electron chi connectivity index (χ2n) is 5.98. The van der Waals surface area contributed by atoms with Gasteiger partial charge in [-0.3, -0.25) is 9.59 Å². The Balaban J connectivity index is 2.02. The lowest BCUT2D eigenvalue weighted by molar-refractivity contribution is -0.127. The number of thioether (sulfide) groups is 1. The average molecular weight is 326 g/mol. The Labute approximate surface area is 135 Å². The van der Waals surface area contributed by atoms with Crippen molar-refractivity contribution in [3.63, 3.8) is 0 Å². The average Bonchev–Trinajstić information content (AvgIpc) is 2.91. The highest BCUT2D eigenvalue weighted by Gasteiger charge is 2.59. The van der Waals surface area contributed by atoms with Gasteiger partial charge in [0.05, 0.1) is 12.4 Å². The van der Waals surface area contributed by atoms with Crippen LogP contribution in [0.25, 0.3) is 0 Å². The molecule has 2 aliphatic rings. The first-order chi connectivity index (χ1) is 9.94. The summed E-state index contributed by atoms with van der Waals surface area (Å²) in [5.74, 6) is 0.901. The van der Waals surface area contributed by atoms with E-state index in [9.17, 15) is 9.59 Å². The van der Waals surface area contributed by atoms with Gasteiger partial charge in [0.15, 0.2) is 0 Å². The first kappa shape index (κ1) is 16.7. The Morgan fingerprint density at radius 3 is 2.90 bits per heavy atom. The molecule has 0 aromatic carbocycles. The predicted molar refractivity (Wildman–Crippen MR) is 89.3 cm³/mol. The monoisotopic (exact) mass is 326 g/mol. The molecule has 0 heterocycles. The Bertz CT molecular complexity index is 474. The minimum atomic E-state index is -0.382. The SMILES string of the molecule is C=C[C@H]1CC[C@@H]2[C@@H](C(=O)CSC(=S)OCC)CC(=O)[C@@]21C. The van der Waals surface area contributed by atoms with Gasteiger partial charge in [-0.1, -0.05) is 24.8 Å². The summed E-state index contributed by atoms with van der Waals surface area (Å²) in [6.45, 7) is 8.26. The third-order valence-corrected chi connectivity index (χ3v) is 6.37. The molecule has 116 valence electrons. The molecule has 0 spiro atoms. The van der Waals surface area contributed by atoms with Gasteiger partial charge in [-0.25, -0.2) is 0 Å². The van der Waals surface area contributed by atoms with Gasteiger partial charge >= 0.3 is 0 Å². The summed E-state index contributed by atoms with van der Waals surface area (Å²) < 4.78 is 5.59. The number of hydrogen-bond acceptors (Lipinski definition) is 5. The minimum absolute atomic E-state index is 0.133. The van der Waals surface area contributed by atoms with Crippen LogP contribution in [0.1, 0.15) is 33.1 Å². The third-order valence-electron chi connectivity index (χ3n) is 5.11. The van der Waals surface area contributed by atoms with E-state index in [2.05, 4.69) is 6.58 Å². The molecule has 2 fully saturated rings. The maximum absolute atomic E-state index is 12.5. The van der Waals surface area contributed by atoms with Crippen LogP contribution in [0.2, 0.25) is 0 Å². The molecule has 0 bridgehead atoms. The molecule has 5 heteroatoms. The number of thiocarbonyl (C=S) groups is 1. The molecule has 3 nitrogen and oxygen atoms in total. The molecule has 21 heavy (non-hydrogen) atoms. The maximum Gasteiger partial charge on any atom is 0.220 e. The molecule has 2 saturated carbocycles. The van der Waals surface area contributed by atoms with Gasteiger partial charge in [-0.05, 0) is 43.8 Å². The van der Waals surface area contributed by atoms with Crippen LogP contribution in [0.15, 0.2) is 12.7 Å². The van der Waals surface area contributed by atoms with E-state index in [-0.39, 0.29) is 34.7 Å². The molecular weight excluding hydrogens is 304 g/mol. The summed E-state index contributed by atoms with van der Waals surface area (Å²) in [4.78, 5) is 24.9. The Morgan fingerprint density at radius 2 is 2.29 bits per heavy atom. The molecule has 0 aromatic heterocycles. The summed E-state index contributed by atoms with van der Waals surface area (Å²) in [7, 11) is 0. The van der Waals surface area contributed by atoms with Crippen molar-refractivity contribution in [1.82, 2.24) is 0 Å². The quantitative estimate of drug-likeness (QED) is 0.572. The number of fused-ring (bicyclic) bond motifs is 1. The van der Waals surface area contributed by atoms with E-state index in [4.69, 9.17) is 17.0 Å². The van der Waals surface area contributed by atoms with Crippen LogP contribution >= 0.6 is 24.0 Å². The zero-order valence-electron chi connectivity index (χ0n) is 12.6. The smallest absolute Gasteiger partial charge is 0.220 e. The van der Waals surface area contributed by atoms with Crippen LogP contribution in [0.3, 0.4) is 0 Å². The standard InChI is InChI=1S/C16H22O3S2/c1-4-10-6-7-12-11(8-14(18)16(10,12)3)13(17)9-21-15(20)19-5-2/h4,10-12H,1,5-9H2,2-3H3/t10-,11-,12+,16+/m0/s1. The highest BCUT2D eigenvalue weighted by molar-refractivity contribution is 8.23. The molecule has 0 radical (unpaired) electrons. The van der Waals surface area contributed by atoms with Gasteiger partial charge in [0.2, 0.25) is 4.38 Å². The lowest BCUT2D eigenvalue weighted by atomic mass is 9.73. The molecule has 0 saturated heterocycles. The number of rotatable bonds is 5. The zero-order valence-corrected chi connectivity index (χ0v) is 14.2. The van der Waals surface area contributed by atoms with Crippen molar-refractivity contribution in [2.24, 2.45) is 23.2 Å². The molecule has 0 aromatic rings. The van der Waals surface area contributed by atoms with Gasteiger partial charge in [0, 0.05) is 17.8 Å². The lowest BCUT2D eigenvalue weighted by Crippen LogP contribution is -2.32. The van der Waals surface area contributed by atoms with Crippen molar-refractivity contribution >= 4 is 39.9 Å². The van der Waals surface area contributed by atoms with Crippen molar-refractivity contribution in [2.75, 3.05) is 12.4 Å². The largest absolute Gasteiger partial charge is 0.479 e. The third kappa shape index (κ3) is 2.95. The maximum atomic E-state index is 12.5. The first-order valence-electron chi connectivity index (χ1n) is 7.43. The van der Waals surface area contributed by atoms with Crippen molar-refractivity contribution in [3.05, 3.63) is 12.7 Å². The van der Waals surface area contributed by atoms with Gasteiger partial charge in [0.25, 0.3) is 0 Å². The molecule has 0 unspecified atom stereocenters. The number of ether oxygens (including phenoxy) is 1. The number of hydrogen-bond donors (Lipinski definition) is 0. The van der Waals surface area contributed by atoms with Crippen molar-refractivity contribution < 1.29 is 14.3 Å². The second-order valence-corrected chi connectivity index (χ2v) is 7.56. The van der Waals surface area contributed by atoms with E-state index in [0.717, 1.165) is 12.8 Å². The Kier molecular flexibility index (Phi) is 5.25. The summed E-state index contributed by atoms with van der Waals surface area (Å²) >= 11 is 6.30. The van der Waals surface area contributed by atoms with E-state index in [1.807, 2.05) is 19.9 Å². The van der Waals surface area contributed by atoms with Crippen molar-refractivity contribution in [2.45, 2.75) is 33.1 Å². The van der Waals surface area contributed by atoms with E-state index in [0.29, 0.717) is 23.2 Å². The van der Waals surface area contributed by atoms with Gasteiger partial charge in [0.1, 0.15) is 11.6 Å². The first-order valence-corrected chi connectivity index (χ1v) is 8.82. The van der Waals surface area contributed by atoms with Crippen LogP contribution in [0, 0.1) is 23.2 Å². The van der Waals surface area contributed by atoms with E-state index >= 15 is 0 Å². The number of ketones is 2. The zero-order chi connectivity index (χ0) is 15.6. The minimum Gasteiger partial charge on any atom is -0.479 e. The Hall–Kier alpha value is -0.680. The van der Waals surface area contributed by atoms with Crippen molar-refractivity contribution in [1.29, 1.82) is 0 Å². The van der Waals surface area contributed by atoms with Crippen LogP contribution < -0.4 is 0 Å². The second kappa shape index (κ2) is 6.61. The van der Waals surface area contributed by atoms with Crippen LogP contribution in [0.4, 0.5) is 0 Å². The molecule has 2 rings (SSSR count). The molecule has 4 atom stereocenters. The van der Waals surface area contributed by atoms with Crippen LogP contribution in [-0.4, -0.2) is 28.3 Å². The molecule has 0 aliphatic heterocycles. The summed E-state index contributed by atoms with van der Waals surface area (Å²) in [6, 6.07) is 0. The fraction of sp³-hybridized carbons (Fsp3) is 0.688. The summed E-state index contributed by atoms with van der Waals surface area (Å²) in [5.41, 5.74) is -0.382. The van der Waals surface area contributed by atoms with E-state index < -0.39 is 0 Å². The Morgan fingerprint density at radius 1 is 1.57 bits per heavy atom. The summed E-state index contributed by atoms with van der Waals surface area (Å²) in [5, 5.41) is 0. The van der Waals surface area contributed by atoms with Crippen molar-refractivity contribution in [3.8, 4) is 0 Å². The lowest BCUT2D eigenvalue weighted by Gasteiger charge is -2.29. The normalized spacial score (nSPS) is 34.6. The fourth-order valence-corrected chi connectivity index (χ4v) is 4.90.